The quantitative estimate of drug-likeness (QED) is 0.229. The van der Waals surface area contributed by atoms with Gasteiger partial charge in [0.2, 0.25) is 5.88 Å². The van der Waals surface area contributed by atoms with E-state index in [2.05, 4.69) is 15.0 Å². The average Bonchev–Trinajstić information content (AvgIpc) is 2.93. The van der Waals surface area contributed by atoms with Crippen LogP contribution in [0.2, 0.25) is 0 Å². The fourth-order valence-corrected chi connectivity index (χ4v) is 5.45. The predicted molar refractivity (Wildman–Crippen MR) is 130 cm³/mol. The molecule has 2 aliphatic heterocycles. The lowest BCUT2D eigenvalue weighted by Crippen LogP contribution is -2.65. The summed E-state index contributed by atoms with van der Waals surface area (Å²) in [7, 11) is 1.50. The van der Waals surface area contributed by atoms with Crippen molar-refractivity contribution >= 4 is 5.91 Å². The fraction of sp³-hybridized carbons (Fsp3) is 0.407. The number of alkyl halides is 3. The minimum atomic E-state index is -4.51. The minimum Gasteiger partial charge on any atom is -0.472 e. The summed E-state index contributed by atoms with van der Waals surface area (Å²) < 4.78 is 70.7. The molecule has 1 saturated carbocycles. The Bertz CT molecular complexity index is 1290. The van der Waals surface area contributed by atoms with Gasteiger partial charge in [-0.05, 0) is 49.4 Å². The van der Waals surface area contributed by atoms with Crippen LogP contribution in [-0.4, -0.2) is 64.5 Å². The number of pyridine rings is 1. The van der Waals surface area contributed by atoms with Gasteiger partial charge in [-0.15, -0.1) is 0 Å². The summed E-state index contributed by atoms with van der Waals surface area (Å²) in [6.45, 7) is 0.229. The largest absolute Gasteiger partial charge is 0.472 e. The number of piperidine rings is 2. The number of halogens is 4. The van der Waals surface area contributed by atoms with Crippen molar-refractivity contribution in [1.29, 1.82) is 0 Å². The smallest absolute Gasteiger partial charge is 0.417 e. The van der Waals surface area contributed by atoms with E-state index < -0.39 is 35.6 Å². The Kier molecular flexibility index (Phi) is 7.76. The number of carbonyl (C=O) groups is 1. The predicted octanol–water partition coefficient (Wildman–Crippen LogP) is 4.76. The second kappa shape index (κ2) is 11.2. The zero-order valence-electron chi connectivity index (χ0n) is 21.0. The number of ether oxygens (including phenoxy) is 3. The lowest BCUT2D eigenvalue weighted by atomic mass is 9.72. The van der Waals surface area contributed by atoms with Crippen LogP contribution in [0, 0.1) is 11.7 Å². The van der Waals surface area contributed by atoms with Crippen molar-refractivity contribution in [1.82, 2.24) is 19.9 Å². The van der Waals surface area contributed by atoms with Gasteiger partial charge in [-0.3, -0.25) is 4.79 Å². The summed E-state index contributed by atoms with van der Waals surface area (Å²) in [6.07, 6.45) is 0.556. The Morgan fingerprint density at radius 2 is 1.87 bits per heavy atom. The van der Waals surface area contributed by atoms with Crippen LogP contribution < -0.4 is 4.74 Å². The van der Waals surface area contributed by atoms with Gasteiger partial charge in [-0.2, -0.15) is 13.2 Å². The van der Waals surface area contributed by atoms with Gasteiger partial charge >= 0.3 is 6.18 Å². The highest BCUT2D eigenvalue weighted by Crippen LogP contribution is 2.43. The van der Waals surface area contributed by atoms with Gasteiger partial charge < -0.3 is 19.1 Å². The molecule has 206 valence electrons. The van der Waals surface area contributed by atoms with E-state index in [9.17, 15) is 18.0 Å². The van der Waals surface area contributed by atoms with Gasteiger partial charge in [0.15, 0.2) is 5.82 Å². The molecule has 0 N–H and O–H groups in total. The molecule has 0 spiro atoms. The van der Waals surface area contributed by atoms with Crippen molar-refractivity contribution in [2.75, 3.05) is 20.5 Å². The van der Waals surface area contributed by atoms with E-state index >= 15 is 4.39 Å². The van der Waals surface area contributed by atoms with E-state index in [0.717, 1.165) is 18.7 Å². The number of rotatable bonds is 8. The van der Waals surface area contributed by atoms with E-state index in [1.54, 1.807) is 11.0 Å². The topological polar surface area (TPSA) is 86.7 Å². The summed E-state index contributed by atoms with van der Waals surface area (Å²) in [5.41, 5.74) is -0.797. The zero-order valence-corrected chi connectivity index (χ0v) is 21.0. The molecule has 1 aromatic carbocycles. The van der Waals surface area contributed by atoms with Gasteiger partial charge in [-0.25, -0.2) is 19.3 Å². The van der Waals surface area contributed by atoms with Crippen molar-refractivity contribution < 1.29 is 36.6 Å². The highest BCUT2D eigenvalue weighted by atomic mass is 19.4. The molecule has 12 heteroatoms. The number of hydrogen-bond donors (Lipinski definition) is 0. The molecule has 2 bridgehead atoms. The standard InChI is InChI=1S/C27H26F4N4O4/c1-37-15-38-14-21-16-6-8-20(22(12-16)39-23-9-7-17(13-34-23)27(29,30)31)35(21)26(36)18-4-2-5-19(28)24(18)25-32-10-3-11-33-25/h2-5,7,9-11,13,16,20-22H,6,8,12,14-15H2,1H3/t16-,20+,21-,22-/m1/s1. The average molecular weight is 547 g/mol. The van der Waals surface area contributed by atoms with E-state index in [1.807, 2.05) is 0 Å². The first-order valence-electron chi connectivity index (χ1n) is 12.4. The number of amides is 1. The molecule has 1 amide bonds. The van der Waals surface area contributed by atoms with Crippen molar-refractivity contribution in [3.8, 4) is 17.3 Å². The monoisotopic (exact) mass is 546 g/mol. The van der Waals surface area contributed by atoms with E-state index in [-0.39, 0.29) is 48.2 Å². The molecule has 1 aliphatic carbocycles. The first-order valence-corrected chi connectivity index (χ1v) is 12.4. The zero-order chi connectivity index (χ0) is 27.6. The van der Waals surface area contributed by atoms with Crippen LogP contribution in [0.5, 0.6) is 5.88 Å². The van der Waals surface area contributed by atoms with E-state index in [0.29, 0.717) is 12.8 Å². The van der Waals surface area contributed by atoms with Crippen LogP contribution in [-0.2, 0) is 15.7 Å². The first kappa shape index (κ1) is 26.9. The number of benzene rings is 1. The van der Waals surface area contributed by atoms with Crippen molar-refractivity contribution in [2.45, 2.75) is 43.6 Å². The summed E-state index contributed by atoms with van der Waals surface area (Å²) in [6, 6.07) is 7.10. The van der Waals surface area contributed by atoms with E-state index in [4.69, 9.17) is 14.2 Å². The van der Waals surface area contributed by atoms with E-state index in [1.165, 1.54) is 43.8 Å². The van der Waals surface area contributed by atoms with Crippen LogP contribution in [0.3, 0.4) is 0 Å². The summed E-state index contributed by atoms with van der Waals surface area (Å²) in [4.78, 5) is 27.9. The van der Waals surface area contributed by atoms with Gasteiger partial charge in [0, 0.05) is 31.8 Å². The minimum absolute atomic E-state index is 0.0111. The maximum absolute atomic E-state index is 15.1. The molecule has 8 nitrogen and oxygen atoms in total. The summed E-state index contributed by atoms with van der Waals surface area (Å²) in [5.74, 6) is -0.992. The summed E-state index contributed by atoms with van der Waals surface area (Å²) >= 11 is 0. The normalized spacial score (nSPS) is 22.6. The molecule has 2 aromatic heterocycles. The van der Waals surface area contributed by atoms with Gasteiger partial charge in [0.1, 0.15) is 18.7 Å². The molecular weight excluding hydrogens is 520 g/mol. The molecule has 39 heavy (non-hydrogen) atoms. The van der Waals surface area contributed by atoms with Crippen LogP contribution in [0.15, 0.2) is 55.0 Å². The number of nitrogens with zero attached hydrogens (tertiary/aromatic N) is 4. The van der Waals surface area contributed by atoms with Crippen LogP contribution in [0.1, 0.15) is 35.2 Å². The second-order valence-electron chi connectivity index (χ2n) is 9.47. The molecule has 4 heterocycles. The maximum Gasteiger partial charge on any atom is 0.417 e. The Morgan fingerprint density at radius 3 is 2.56 bits per heavy atom. The van der Waals surface area contributed by atoms with Crippen LogP contribution >= 0.6 is 0 Å². The highest BCUT2D eigenvalue weighted by molar-refractivity contribution is 6.00. The molecule has 2 saturated heterocycles. The lowest BCUT2D eigenvalue weighted by Gasteiger charge is -2.54. The van der Waals surface area contributed by atoms with Crippen LogP contribution in [0.4, 0.5) is 17.6 Å². The fourth-order valence-electron chi connectivity index (χ4n) is 5.45. The number of fused-ring (bicyclic) bond motifs is 3. The molecule has 3 aromatic rings. The van der Waals surface area contributed by atoms with Gasteiger partial charge in [0.05, 0.1) is 35.4 Å². The SMILES string of the molecule is COCOC[C@@H]1[C@@H]2CC[C@@H]([C@H](Oc3ccc(C(F)(F)F)cn3)C2)N1C(=O)c1cccc(F)c1-c1ncccn1. The third-order valence-corrected chi connectivity index (χ3v) is 7.15. The second-order valence-corrected chi connectivity index (χ2v) is 9.47. The molecule has 6 rings (SSSR count). The molecule has 0 radical (unpaired) electrons. The molecule has 4 atom stereocenters. The number of carbonyl (C=O) groups excluding carboxylic acids is 1. The van der Waals surface area contributed by atoms with Crippen molar-refractivity contribution in [2.24, 2.45) is 5.92 Å². The maximum atomic E-state index is 15.1. The lowest BCUT2D eigenvalue weighted by molar-refractivity contribution is -0.137. The number of methoxy groups -OCH3 is 1. The highest BCUT2D eigenvalue weighted by Gasteiger charge is 2.51. The van der Waals surface area contributed by atoms with Gasteiger partial charge in [-0.1, -0.05) is 6.07 Å². The molecule has 0 unspecified atom stereocenters. The Labute approximate surface area is 221 Å². The van der Waals surface area contributed by atoms with Crippen molar-refractivity contribution in [3.63, 3.8) is 0 Å². The Morgan fingerprint density at radius 1 is 1.08 bits per heavy atom. The molecule has 3 fully saturated rings. The molecule has 3 aliphatic rings. The third kappa shape index (κ3) is 5.57. The van der Waals surface area contributed by atoms with Crippen molar-refractivity contribution in [3.05, 3.63) is 71.9 Å². The Hall–Kier alpha value is -3.64. The van der Waals surface area contributed by atoms with Gasteiger partial charge in [0.25, 0.3) is 5.91 Å². The number of hydrogen-bond acceptors (Lipinski definition) is 7. The first-order chi connectivity index (χ1) is 18.8. The summed E-state index contributed by atoms with van der Waals surface area (Å²) in [5, 5.41) is 0. The third-order valence-electron chi connectivity index (χ3n) is 7.15. The number of aromatic nitrogens is 3. The van der Waals surface area contributed by atoms with Crippen LogP contribution in [0.25, 0.3) is 11.4 Å². The molecular formula is C27H26F4N4O4. The Balaban J connectivity index is 1.47.